The Balaban J connectivity index is 5.53. The molecule has 0 heterocycles. The fourth-order valence-corrected chi connectivity index (χ4v) is 1.12. The van der Waals surface area contributed by atoms with Crippen molar-refractivity contribution in [2.24, 2.45) is 10.8 Å². The van der Waals surface area contributed by atoms with Gasteiger partial charge in [0, 0.05) is 6.42 Å². The first kappa shape index (κ1) is 18.6. The summed E-state index contributed by atoms with van der Waals surface area (Å²) in [5.74, 6) is 0. The Morgan fingerprint density at radius 3 is 2.00 bits per heavy atom. The number of nitrogens with two attached hydrogens (primary N) is 1. The molecule has 0 fully saturated rings. The molecule has 0 rings (SSSR count). The lowest BCUT2D eigenvalue weighted by Crippen LogP contribution is -2.57. The molecule has 0 aliphatic heterocycles. The molecule has 0 amide bonds. The Kier molecular flexibility index (Phi) is 5.96. The summed E-state index contributed by atoms with van der Waals surface area (Å²) < 4.78 is 74.9. The average Bonchev–Trinajstić information content (AvgIpc) is 2.22. The summed E-state index contributed by atoms with van der Waals surface area (Å²) in [5.41, 5.74) is 1.17. The highest BCUT2D eigenvalue weighted by atomic mass is 32.1. The van der Waals surface area contributed by atoms with E-state index in [9.17, 15) is 26.3 Å². The van der Waals surface area contributed by atoms with E-state index >= 15 is 0 Å². The van der Waals surface area contributed by atoms with Crippen LogP contribution in [0.15, 0.2) is 17.3 Å². The normalized spacial score (nSPS) is 14.7. The van der Waals surface area contributed by atoms with Crippen molar-refractivity contribution in [3.05, 3.63) is 12.2 Å². The van der Waals surface area contributed by atoms with Crippen molar-refractivity contribution < 1.29 is 31.4 Å². The van der Waals surface area contributed by atoms with Crippen molar-refractivity contribution in [3.8, 4) is 0 Å². The molecular weight excluding hydrogens is 312 g/mol. The van der Waals surface area contributed by atoms with E-state index in [0.29, 0.717) is 0 Å². The summed E-state index contributed by atoms with van der Waals surface area (Å²) in [6.45, 7) is 1.34. The largest absolute Gasteiger partial charge is 0.426 e. The molecule has 0 atom stereocenters. The molecule has 0 aliphatic carbocycles. The van der Waals surface area contributed by atoms with Gasteiger partial charge in [0.2, 0.25) is 0 Å². The van der Waals surface area contributed by atoms with E-state index in [1.165, 1.54) is 6.92 Å². The van der Waals surface area contributed by atoms with Crippen LogP contribution in [-0.2, 0) is 0 Å². The quantitative estimate of drug-likeness (QED) is 0.320. The predicted molar refractivity (Wildman–Crippen MR) is 63.8 cm³/mol. The van der Waals surface area contributed by atoms with Gasteiger partial charge in [0.15, 0.2) is 5.11 Å². The van der Waals surface area contributed by atoms with Crippen LogP contribution in [0.1, 0.15) is 13.3 Å². The number of halogens is 6. The van der Waals surface area contributed by atoms with Gasteiger partial charge in [-0.2, -0.15) is 31.4 Å². The molecule has 0 aromatic carbocycles. The number of nitrogens with one attached hydrogen (secondary N) is 1. The standard InChI is InChI=1S/C9H11F6N3OS/c1-2-3-5(17-18-6(16)20)4-7(19,8(10,11)12)9(13,14)15/h2-3,19H,4H2,1H3,(H3,16,18,20)/b3-2-,17-5+. The minimum Gasteiger partial charge on any atom is -0.375 e. The van der Waals surface area contributed by atoms with Crippen LogP contribution in [0.3, 0.4) is 0 Å². The van der Waals surface area contributed by atoms with Crippen molar-refractivity contribution >= 4 is 23.0 Å². The maximum atomic E-state index is 12.5. The number of hydrogen-bond acceptors (Lipinski definition) is 3. The van der Waals surface area contributed by atoms with E-state index in [0.717, 1.165) is 12.2 Å². The third-order valence-electron chi connectivity index (χ3n) is 2.04. The fourth-order valence-electron chi connectivity index (χ4n) is 1.08. The lowest BCUT2D eigenvalue weighted by atomic mass is 9.95. The van der Waals surface area contributed by atoms with Gasteiger partial charge in [-0.25, -0.2) is 0 Å². The first-order valence-electron chi connectivity index (χ1n) is 4.95. The minimum atomic E-state index is -5.92. The lowest BCUT2D eigenvalue weighted by Gasteiger charge is -2.32. The molecule has 0 saturated heterocycles. The van der Waals surface area contributed by atoms with Gasteiger partial charge in [-0.1, -0.05) is 6.08 Å². The summed E-state index contributed by atoms with van der Waals surface area (Å²) in [6.07, 6.45) is -11.7. The topological polar surface area (TPSA) is 70.6 Å². The zero-order valence-electron chi connectivity index (χ0n) is 10.0. The maximum absolute atomic E-state index is 12.5. The molecule has 11 heteroatoms. The van der Waals surface area contributed by atoms with Gasteiger partial charge in [-0.3, -0.25) is 5.43 Å². The molecule has 116 valence electrons. The highest BCUT2D eigenvalue weighted by Crippen LogP contribution is 2.45. The average molecular weight is 323 g/mol. The van der Waals surface area contributed by atoms with E-state index < -0.39 is 35.2 Å². The van der Waals surface area contributed by atoms with Crippen LogP contribution in [-0.4, -0.2) is 33.9 Å². The second kappa shape index (κ2) is 6.39. The molecule has 0 radical (unpaired) electrons. The highest BCUT2D eigenvalue weighted by molar-refractivity contribution is 7.80. The Hall–Kier alpha value is -1.36. The van der Waals surface area contributed by atoms with Crippen LogP contribution in [0, 0.1) is 0 Å². The summed E-state index contributed by atoms with van der Waals surface area (Å²) >= 11 is 4.31. The smallest absolute Gasteiger partial charge is 0.375 e. The van der Waals surface area contributed by atoms with Gasteiger partial charge < -0.3 is 10.8 Å². The van der Waals surface area contributed by atoms with Gasteiger partial charge in [0.1, 0.15) is 0 Å². The third kappa shape index (κ3) is 4.63. The zero-order valence-corrected chi connectivity index (χ0v) is 10.8. The summed E-state index contributed by atoms with van der Waals surface area (Å²) in [6, 6.07) is 0. The fraction of sp³-hybridized carbons (Fsp3) is 0.556. The van der Waals surface area contributed by atoms with Crippen LogP contribution in [0.25, 0.3) is 0 Å². The van der Waals surface area contributed by atoms with Crippen molar-refractivity contribution in [1.82, 2.24) is 5.43 Å². The molecule has 0 aromatic heterocycles. The SMILES string of the molecule is C/C=C\C(CC(O)(C(F)(F)F)C(F)(F)F)=N/NC(N)=S. The van der Waals surface area contributed by atoms with E-state index in [-0.39, 0.29) is 0 Å². The Morgan fingerprint density at radius 1 is 1.25 bits per heavy atom. The summed E-state index contributed by atoms with van der Waals surface area (Å²) in [4.78, 5) is 0. The van der Waals surface area contributed by atoms with Crippen LogP contribution in [0.2, 0.25) is 0 Å². The van der Waals surface area contributed by atoms with Crippen molar-refractivity contribution in [2.45, 2.75) is 31.3 Å². The molecule has 0 aliphatic rings. The second-order valence-electron chi connectivity index (χ2n) is 3.61. The molecule has 4 nitrogen and oxygen atoms in total. The molecule has 0 saturated carbocycles. The number of nitrogens with zero attached hydrogens (tertiary/aromatic N) is 1. The Morgan fingerprint density at radius 2 is 1.70 bits per heavy atom. The first-order valence-corrected chi connectivity index (χ1v) is 5.36. The molecule has 0 aromatic rings. The van der Waals surface area contributed by atoms with Crippen molar-refractivity contribution in [2.75, 3.05) is 0 Å². The number of rotatable bonds is 4. The van der Waals surface area contributed by atoms with Crippen molar-refractivity contribution in [1.29, 1.82) is 0 Å². The highest BCUT2D eigenvalue weighted by Gasteiger charge is 2.70. The third-order valence-corrected chi connectivity index (χ3v) is 2.13. The molecule has 0 spiro atoms. The van der Waals surface area contributed by atoms with Crippen LogP contribution in [0.4, 0.5) is 26.3 Å². The molecule has 20 heavy (non-hydrogen) atoms. The zero-order chi connectivity index (χ0) is 16.2. The van der Waals surface area contributed by atoms with Crippen molar-refractivity contribution in [3.63, 3.8) is 0 Å². The number of aliphatic hydroxyl groups is 1. The molecular formula is C9H11F6N3OS. The Labute approximate surface area is 115 Å². The molecule has 4 N–H and O–H groups in total. The number of hydrazone groups is 1. The molecule has 0 bridgehead atoms. The van der Waals surface area contributed by atoms with Crippen LogP contribution >= 0.6 is 12.2 Å². The molecule has 0 unspecified atom stereocenters. The monoisotopic (exact) mass is 323 g/mol. The summed E-state index contributed by atoms with van der Waals surface area (Å²) in [7, 11) is 0. The van der Waals surface area contributed by atoms with E-state index in [1.54, 1.807) is 0 Å². The van der Waals surface area contributed by atoms with Gasteiger partial charge >= 0.3 is 12.4 Å². The lowest BCUT2D eigenvalue weighted by molar-refractivity contribution is -0.365. The van der Waals surface area contributed by atoms with E-state index in [2.05, 4.69) is 17.3 Å². The number of alkyl halides is 6. The van der Waals surface area contributed by atoms with Crippen LogP contribution < -0.4 is 11.2 Å². The van der Waals surface area contributed by atoms with Gasteiger partial charge in [0.05, 0.1) is 5.71 Å². The van der Waals surface area contributed by atoms with E-state index in [4.69, 9.17) is 10.8 Å². The van der Waals surface area contributed by atoms with E-state index in [1.807, 2.05) is 5.43 Å². The second-order valence-corrected chi connectivity index (χ2v) is 4.05. The van der Waals surface area contributed by atoms with Crippen LogP contribution in [0.5, 0.6) is 0 Å². The van der Waals surface area contributed by atoms with Gasteiger partial charge in [-0.15, -0.1) is 0 Å². The Bertz CT molecular complexity index is 401. The number of hydrogen-bond donors (Lipinski definition) is 3. The van der Waals surface area contributed by atoms with Gasteiger partial charge in [-0.05, 0) is 25.2 Å². The maximum Gasteiger partial charge on any atom is 0.426 e. The summed E-state index contributed by atoms with van der Waals surface area (Å²) in [5, 5.41) is 11.7. The predicted octanol–water partition coefficient (Wildman–Crippen LogP) is 2.00. The first-order chi connectivity index (χ1) is 8.85. The number of allylic oxidation sites excluding steroid dienone is 2. The van der Waals surface area contributed by atoms with Gasteiger partial charge in [0.25, 0.3) is 5.60 Å². The number of thiocarbonyl (C=S) groups is 1. The minimum absolute atomic E-state index is 0.449.